The minimum Gasteiger partial charge on any atom is -0.347 e. The fourth-order valence-electron chi connectivity index (χ4n) is 2.82. The first-order valence-corrected chi connectivity index (χ1v) is 8.05. The Kier molecular flexibility index (Phi) is 4.41. The maximum Gasteiger partial charge on any atom is 0.265 e. The van der Waals surface area contributed by atoms with E-state index in [0.717, 1.165) is 15.8 Å². The number of benzene rings is 1. The lowest BCUT2D eigenvalue weighted by Gasteiger charge is -2.20. The molecule has 2 heterocycles. The van der Waals surface area contributed by atoms with Gasteiger partial charge in [0.2, 0.25) is 0 Å². The summed E-state index contributed by atoms with van der Waals surface area (Å²) in [7, 11) is 3.07. The molecule has 0 aliphatic rings. The average molecular weight is 353 g/mol. The molecule has 26 heavy (non-hydrogen) atoms. The molecule has 2 aromatic heterocycles. The van der Waals surface area contributed by atoms with E-state index in [4.69, 9.17) is 0 Å². The lowest BCUT2D eigenvalue weighted by Crippen LogP contribution is -2.40. The normalized spacial score (nSPS) is 12.2. The number of rotatable bonds is 4. The maximum absolute atomic E-state index is 12.9. The third kappa shape index (κ3) is 2.79. The summed E-state index contributed by atoms with van der Waals surface area (Å²) in [5.74, 6) is -0.912. The van der Waals surface area contributed by atoms with Crippen LogP contribution in [0.4, 0.5) is 0 Å². The summed E-state index contributed by atoms with van der Waals surface area (Å²) in [5.41, 5.74) is 1.68. The maximum atomic E-state index is 12.9. The standard InChI is InChI=1S/C18H19N5O3/c1-11-7-5-6-8-14(11)23-16-13(9-20-23)17(25)22(10-19-16)15(12(2)24)18(26)21(3)4/h5-10,15H,1-4H3/t15-/m1/s1. The lowest BCUT2D eigenvalue weighted by atomic mass is 10.1. The summed E-state index contributed by atoms with van der Waals surface area (Å²) >= 11 is 0. The van der Waals surface area contributed by atoms with Crippen molar-refractivity contribution in [1.29, 1.82) is 0 Å². The number of hydrogen-bond acceptors (Lipinski definition) is 5. The Balaban J connectivity index is 2.20. The van der Waals surface area contributed by atoms with E-state index in [2.05, 4.69) is 10.1 Å². The summed E-state index contributed by atoms with van der Waals surface area (Å²) in [5, 5.41) is 4.52. The fraction of sp³-hybridized carbons (Fsp3) is 0.278. The van der Waals surface area contributed by atoms with E-state index in [1.165, 1.54) is 38.4 Å². The SMILES string of the molecule is CC(=O)[C@H](C(=O)N(C)C)n1cnc2c(cnn2-c2ccccc2C)c1=O. The van der Waals surface area contributed by atoms with Gasteiger partial charge in [0.15, 0.2) is 17.5 Å². The summed E-state index contributed by atoms with van der Waals surface area (Å²) in [4.78, 5) is 42.8. The summed E-state index contributed by atoms with van der Waals surface area (Å²) in [6.45, 7) is 3.21. The van der Waals surface area contributed by atoms with Crippen molar-refractivity contribution in [3.63, 3.8) is 0 Å². The third-order valence-corrected chi connectivity index (χ3v) is 4.19. The molecule has 1 amide bonds. The monoisotopic (exact) mass is 353 g/mol. The molecule has 0 saturated carbocycles. The zero-order chi connectivity index (χ0) is 19.0. The molecule has 0 radical (unpaired) electrons. The highest BCUT2D eigenvalue weighted by Gasteiger charge is 2.29. The van der Waals surface area contributed by atoms with E-state index in [-0.39, 0.29) is 5.39 Å². The van der Waals surface area contributed by atoms with Crippen molar-refractivity contribution < 1.29 is 9.59 Å². The van der Waals surface area contributed by atoms with Crippen LogP contribution in [0.15, 0.2) is 41.6 Å². The number of aromatic nitrogens is 4. The summed E-state index contributed by atoms with van der Waals surface area (Å²) in [6, 6.07) is 6.36. The second kappa shape index (κ2) is 6.55. The molecule has 1 atom stereocenters. The van der Waals surface area contributed by atoms with Gasteiger partial charge in [0.1, 0.15) is 11.7 Å². The van der Waals surface area contributed by atoms with Crippen molar-refractivity contribution in [3.05, 3.63) is 52.7 Å². The Bertz CT molecular complexity index is 1060. The van der Waals surface area contributed by atoms with Crippen molar-refractivity contribution in [3.8, 4) is 5.69 Å². The predicted molar refractivity (Wildman–Crippen MR) is 96.3 cm³/mol. The van der Waals surface area contributed by atoms with Crippen LogP contribution in [-0.2, 0) is 9.59 Å². The van der Waals surface area contributed by atoms with Gasteiger partial charge >= 0.3 is 0 Å². The number of hydrogen-bond donors (Lipinski definition) is 0. The van der Waals surface area contributed by atoms with Crippen LogP contribution in [0.3, 0.4) is 0 Å². The molecule has 1 aromatic carbocycles. The molecular weight excluding hydrogens is 334 g/mol. The fourth-order valence-corrected chi connectivity index (χ4v) is 2.82. The van der Waals surface area contributed by atoms with E-state index in [0.29, 0.717) is 5.65 Å². The molecule has 8 nitrogen and oxygen atoms in total. The minimum absolute atomic E-state index is 0.244. The summed E-state index contributed by atoms with van der Waals surface area (Å²) < 4.78 is 2.64. The first kappa shape index (κ1) is 17.5. The van der Waals surface area contributed by atoms with Crippen LogP contribution in [0.1, 0.15) is 18.5 Å². The Morgan fingerprint density at radius 1 is 1.19 bits per heavy atom. The topological polar surface area (TPSA) is 90.1 Å². The van der Waals surface area contributed by atoms with Crippen molar-refractivity contribution in [2.75, 3.05) is 14.1 Å². The molecule has 0 N–H and O–H groups in total. The molecule has 3 rings (SSSR count). The van der Waals surface area contributed by atoms with Crippen molar-refractivity contribution >= 4 is 22.7 Å². The first-order valence-electron chi connectivity index (χ1n) is 8.05. The van der Waals surface area contributed by atoms with E-state index in [1.54, 1.807) is 4.68 Å². The van der Waals surface area contributed by atoms with E-state index < -0.39 is 23.3 Å². The van der Waals surface area contributed by atoms with Crippen LogP contribution in [-0.4, -0.2) is 50.0 Å². The number of carbonyl (C=O) groups is 2. The van der Waals surface area contributed by atoms with E-state index in [9.17, 15) is 14.4 Å². The lowest BCUT2D eigenvalue weighted by molar-refractivity contribution is -0.137. The van der Waals surface area contributed by atoms with Crippen LogP contribution >= 0.6 is 0 Å². The molecule has 3 aromatic rings. The molecule has 0 unspecified atom stereocenters. The van der Waals surface area contributed by atoms with Gasteiger partial charge in [-0.3, -0.25) is 19.0 Å². The summed E-state index contributed by atoms with van der Waals surface area (Å²) in [6.07, 6.45) is 2.64. The van der Waals surface area contributed by atoms with Crippen LogP contribution in [0.25, 0.3) is 16.7 Å². The van der Waals surface area contributed by atoms with Crippen LogP contribution < -0.4 is 5.56 Å². The number of Topliss-reactive ketones (excluding diaryl/α,β-unsaturated/α-hetero) is 1. The van der Waals surface area contributed by atoms with Gasteiger partial charge in [-0.15, -0.1) is 0 Å². The molecule has 0 saturated heterocycles. The number of likely N-dealkylation sites (N-methyl/N-ethyl adjacent to an activating group) is 1. The van der Waals surface area contributed by atoms with Crippen LogP contribution in [0.5, 0.6) is 0 Å². The van der Waals surface area contributed by atoms with E-state index >= 15 is 0 Å². The highest BCUT2D eigenvalue weighted by Crippen LogP contribution is 2.18. The Labute approximate surface area is 149 Å². The van der Waals surface area contributed by atoms with Gasteiger partial charge in [0.05, 0.1) is 11.9 Å². The van der Waals surface area contributed by atoms with Crippen molar-refractivity contribution in [2.24, 2.45) is 0 Å². The number of para-hydroxylation sites is 1. The van der Waals surface area contributed by atoms with Gasteiger partial charge in [-0.1, -0.05) is 18.2 Å². The second-order valence-corrected chi connectivity index (χ2v) is 6.28. The zero-order valence-corrected chi connectivity index (χ0v) is 15.0. The molecular formula is C18H19N5O3. The van der Waals surface area contributed by atoms with E-state index in [1.807, 2.05) is 31.2 Å². The third-order valence-electron chi connectivity index (χ3n) is 4.19. The van der Waals surface area contributed by atoms with Crippen molar-refractivity contribution in [2.45, 2.75) is 19.9 Å². The van der Waals surface area contributed by atoms with Gasteiger partial charge in [-0.2, -0.15) is 5.10 Å². The number of ketones is 1. The Hall–Kier alpha value is -3.29. The molecule has 0 spiro atoms. The zero-order valence-electron chi connectivity index (χ0n) is 15.0. The Morgan fingerprint density at radius 3 is 2.50 bits per heavy atom. The van der Waals surface area contributed by atoms with Crippen LogP contribution in [0, 0.1) is 6.92 Å². The average Bonchev–Trinajstić information content (AvgIpc) is 3.01. The molecule has 0 aliphatic carbocycles. The molecule has 8 heteroatoms. The van der Waals surface area contributed by atoms with Gasteiger partial charge in [0.25, 0.3) is 11.5 Å². The van der Waals surface area contributed by atoms with Gasteiger partial charge < -0.3 is 4.90 Å². The first-order chi connectivity index (χ1) is 12.3. The quantitative estimate of drug-likeness (QED) is 0.656. The largest absolute Gasteiger partial charge is 0.347 e. The molecule has 0 fully saturated rings. The minimum atomic E-state index is -1.24. The highest BCUT2D eigenvalue weighted by molar-refractivity contribution is 6.02. The number of amides is 1. The van der Waals surface area contributed by atoms with Crippen molar-refractivity contribution in [1.82, 2.24) is 24.2 Å². The second-order valence-electron chi connectivity index (χ2n) is 6.28. The molecule has 134 valence electrons. The predicted octanol–water partition coefficient (Wildman–Crippen LogP) is 1.11. The number of fused-ring (bicyclic) bond motifs is 1. The van der Waals surface area contributed by atoms with Gasteiger partial charge in [0, 0.05) is 14.1 Å². The molecule has 0 aliphatic heterocycles. The number of aryl methyl sites for hydroxylation is 1. The molecule has 0 bridgehead atoms. The van der Waals surface area contributed by atoms with Gasteiger partial charge in [-0.05, 0) is 25.5 Å². The van der Waals surface area contributed by atoms with Gasteiger partial charge in [-0.25, -0.2) is 9.67 Å². The highest BCUT2D eigenvalue weighted by atomic mass is 16.2. The smallest absolute Gasteiger partial charge is 0.265 e. The number of carbonyl (C=O) groups excluding carboxylic acids is 2. The number of nitrogens with zero attached hydrogens (tertiary/aromatic N) is 5. The Morgan fingerprint density at radius 2 is 1.88 bits per heavy atom. The van der Waals surface area contributed by atoms with Crippen LogP contribution in [0.2, 0.25) is 0 Å².